The van der Waals surface area contributed by atoms with Gasteiger partial charge >= 0.3 is 0 Å². The third kappa shape index (κ3) is 1.93. The molecule has 9 heavy (non-hydrogen) atoms. The third-order valence-corrected chi connectivity index (χ3v) is 1.59. The molecule has 0 bridgehead atoms. The van der Waals surface area contributed by atoms with Gasteiger partial charge in [0.25, 0.3) is 0 Å². The fourth-order valence-electron chi connectivity index (χ4n) is 0.952. The molecule has 0 spiro atoms. The Balaban J connectivity index is 2.23. The van der Waals surface area contributed by atoms with Gasteiger partial charge in [-0.25, -0.2) is 0 Å². The number of hydrogen-bond donors (Lipinski definition) is 1. The van der Waals surface area contributed by atoms with Crippen molar-refractivity contribution in [3.8, 4) is 0 Å². The average molecular weight is 130 g/mol. The number of morpholine rings is 1. The number of hydrogen-bond acceptors (Lipinski definition) is 3. The summed E-state index contributed by atoms with van der Waals surface area (Å²) >= 11 is 0. The Morgan fingerprint density at radius 1 is 1.67 bits per heavy atom. The Kier molecular flexibility index (Phi) is 2.45. The van der Waals surface area contributed by atoms with Gasteiger partial charge in [-0.3, -0.25) is 5.32 Å². The fourth-order valence-corrected chi connectivity index (χ4v) is 0.952. The molecule has 0 unspecified atom stereocenters. The number of likely N-dealkylation sites (N-methyl/N-ethyl adjacent to an activating group) is 2. The van der Waals surface area contributed by atoms with Crippen LogP contribution in [0.25, 0.3) is 0 Å². The van der Waals surface area contributed by atoms with E-state index >= 15 is 0 Å². The summed E-state index contributed by atoms with van der Waals surface area (Å²) in [6, 6.07) is 0. The normalized spacial score (nSPS) is 30.7. The highest BCUT2D eigenvalue weighted by Gasteiger charge is 2.14. The van der Waals surface area contributed by atoms with Gasteiger partial charge in [-0.1, -0.05) is 0 Å². The molecule has 54 valence electrons. The zero-order chi connectivity index (χ0) is 6.69. The first-order chi connectivity index (χ1) is 4.33. The predicted octanol–water partition coefficient (Wildman–Crippen LogP) is -0.506. The summed E-state index contributed by atoms with van der Waals surface area (Å²) in [5.74, 6) is 0. The summed E-state index contributed by atoms with van der Waals surface area (Å²) in [5, 5.41) is 3.07. The van der Waals surface area contributed by atoms with Crippen molar-refractivity contribution >= 4 is 0 Å². The Hall–Kier alpha value is -0.120. The van der Waals surface area contributed by atoms with Crippen molar-refractivity contribution in [2.24, 2.45) is 0 Å². The van der Waals surface area contributed by atoms with Crippen LogP contribution in [-0.2, 0) is 4.74 Å². The predicted molar refractivity (Wildman–Crippen MR) is 36.3 cm³/mol. The molecule has 0 amide bonds. The lowest BCUT2D eigenvalue weighted by Gasteiger charge is -2.29. The minimum atomic E-state index is 0.240. The first-order valence-electron chi connectivity index (χ1n) is 3.30. The van der Waals surface area contributed by atoms with E-state index in [1.165, 1.54) is 0 Å². The lowest BCUT2D eigenvalue weighted by Crippen LogP contribution is -2.46. The van der Waals surface area contributed by atoms with E-state index in [4.69, 9.17) is 4.74 Å². The second-order valence-corrected chi connectivity index (χ2v) is 2.41. The second kappa shape index (κ2) is 3.15. The van der Waals surface area contributed by atoms with Gasteiger partial charge in [-0.2, -0.15) is 0 Å². The molecule has 0 saturated carbocycles. The van der Waals surface area contributed by atoms with Crippen molar-refractivity contribution in [1.82, 2.24) is 10.2 Å². The first-order valence-corrected chi connectivity index (χ1v) is 3.30. The van der Waals surface area contributed by atoms with Crippen LogP contribution in [0.3, 0.4) is 0 Å². The minimum Gasteiger partial charge on any atom is -0.361 e. The quantitative estimate of drug-likeness (QED) is 0.517. The summed E-state index contributed by atoms with van der Waals surface area (Å²) in [6.07, 6.45) is 0.240. The maximum Gasteiger partial charge on any atom is 0.120 e. The van der Waals surface area contributed by atoms with Crippen LogP contribution in [-0.4, -0.2) is 44.9 Å². The molecule has 0 aromatic rings. The SMILES string of the molecule is CN[C@H]1CN(C)CCO1. The van der Waals surface area contributed by atoms with Crippen LogP contribution in [0, 0.1) is 0 Å². The Morgan fingerprint density at radius 3 is 2.89 bits per heavy atom. The molecule has 1 N–H and O–H groups in total. The van der Waals surface area contributed by atoms with Crippen LogP contribution in [0.2, 0.25) is 0 Å². The van der Waals surface area contributed by atoms with Crippen molar-refractivity contribution < 1.29 is 4.74 Å². The van der Waals surface area contributed by atoms with Crippen molar-refractivity contribution in [3.63, 3.8) is 0 Å². The lowest BCUT2D eigenvalue weighted by atomic mass is 10.4. The number of nitrogens with zero attached hydrogens (tertiary/aromatic N) is 1. The largest absolute Gasteiger partial charge is 0.361 e. The number of nitrogens with one attached hydrogen (secondary N) is 1. The highest BCUT2D eigenvalue weighted by molar-refractivity contribution is 4.64. The topological polar surface area (TPSA) is 24.5 Å². The molecule has 0 aromatic heterocycles. The van der Waals surface area contributed by atoms with E-state index in [9.17, 15) is 0 Å². The van der Waals surface area contributed by atoms with Crippen LogP contribution in [0.4, 0.5) is 0 Å². The molecule has 1 rings (SSSR count). The first kappa shape index (κ1) is 6.99. The van der Waals surface area contributed by atoms with Crippen LogP contribution in [0.1, 0.15) is 0 Å². The van der Waals surface area contributed by atoms with E-state index in [2.05, 4.69) is 17.3 Å². The lowest BCUT2D eigenvalue weighted by molar-refractivity contribution is -0.0331. The monoisotopic (exact) mass is 130 g/mol. The zero-order valence-electron chi connectivity index (χ0n) is 6.05. The van der Waals surface area contributed by atoms with Gasteiger partial charge in [0.1, 0.15) is 6.23 Å². The van der Waals surface area contributed by atoms with Crippen molar-refractivity contribution in [1.29, 1.82) is 0 Å². The van der Waals surface area contributed by atoms with E-state index in [0.29, 0.717) is 0 Å². The Labute approximate surface area is 56.0 Å². The maximum atomic E-state index is 5.34. The highest BCUT2D eigenvalue weighted by atomic mass is 16.5. The van der Waals surface area contributed by atoms with Crippen molar-refractivity contribution in [3.05, 3.63) is 0 Å². The molecule has 1 aliphatic rings. The molecule has 1 fully saturated rings. The van der Waals surface area contributed by atoms with E-state index < -0.39 is 0 Å². The Morgan fingerprint density at radius 2 is 2.44 bits per heavy atom. The molecule has 1 heterocycles. The highest BCUT2D eigenvalue weighted by Crippen LogP contribution is 1.97. The van der Waals surface area contributed by atoms with Crippen LogP contribution in [0.15, 0.2) is 0 Å². The smallest absolute Gasteiger partial charge is 0.120 e. The van der Waals surface area contributed by atoms with E-state index in [-0.39, 0.29) is 6.23 Å². The second-order valence-electron chi connectivity index (χ2n) is 2.41. The minimum absolute atomic E-state index is 0.240. The average Bonchev–Trinajstić information content (AvgIpc) is 1.88. The summed E-state index contributed by atoms with van der Waals surface area (Å²) in [5.41, 5.74) is 0. The third-order valence-electron chi connectivity index (χ3n) is 1.59. The van der Waals surface area contributed by atoms with Crippen LogP contribution >= 0.6 is 0 Å². The van der Waals surface area contributed by atoms with Gasteiger partial charge in [-0.15, -0.1) is 0 Å². The van der Waals surface area contributed by atoms with Gasteiger partial charge < -0.3 is 9.64 Å². The molecule has 0 aromatic carbocycles. The maximum absolute atomic E-state index is 5.34. The molecule has 1 aliphatic heterocycles. The molecular formula is C6H14N2O. The summed E-state index contributed by atoms with van der Waals surface area (Å²) in [4.78, 5) is 2.25. The van der Waals surface area contributed by atoms with Gasteiger partial charge in [0.05, 0.1) is 6.61 Å². The summed E-state index contributed by atoms with van der Waals surface area (Å²) in [7, 11) is 4.02. The van der Waals surface area contributed by atoms with Gasteiger partial charge in [0.15, 0.2) is 0 Å². The van der Waals surface area contributed by atoms with Gasteiger partial charge in [-0.05, 0) is 14.1 Å². The molecular weight excluding hydrogens is 116 g/mol. The standard InChI is InChI=1S/C6H14N2O/c1-7-6-5-8(2)3-4-9-6/h6-7H,3-5H2,1-2H3/t6-/m1/s1. The van der Waals surface area contributed by atoms with Gasteiger partial charge in [0, 0.05) is 13.1 Å². The van der Waals surface area contributed by atoms with E-state index in [1.807, 2.05) is 7.05 Å². The summed E-state index contributed by atoms with van der Waals surface area (Å²) < 4.78 is 5.34. The van der Waals surface area contributed by atoms with E-state index in [1.54, 1.807) is 0 Å². The van der Waals surface area contributed by atoms with E-state index in [0.717, 1.165) is 19.7 Å². The number of rotatable bonds is 1. The molecule has 0 radical (unpaired) electrons. The fraction of sp³-hybridized carbons (Fsp3) is 1.00. The van der Waals surface area contributed by atoms with Crippen molar-refractivity contribution in [2.75, 3.05) is 33.8 Å². The van der Waals surface area contributed by atoms with Gasteiger partial charge in [0.2, 0.25) is 0 Å². The number of ether oxygens (including phenoxy) is 1. The van der Waals surface area contributed by atoms with Crippen LogP contribution < -0.4 is 5.32 Å². The molecule has 3 nitrogen and oxygen atoms in total. The van der Waals surface area contributed by atoms with Crippen LogP contribution in [0.5, 0.6) is 0 Å². The molecule has 1 atom stereocenters. The molecule has 3 heteroatoms. The molecule has 0 aliphatic carbocycles. The molecule has 1 saturated heterocycles. The Bertz CT molecular complexity index is 87.1. The zero-order valence-corrected chi connectivity index (χ0v) is 6.05. The summed E-state index contributed by atoms with van der Waals surface area (Å²) in [6.45, 7) is 2.90. The van der Waals surface area contributed by atoms with Crippen molar-refractivity contribution in [2.45, 2.75) is 6.23 Å².